The summed E-state index contributed by atoms with van der Waals surface area (Å²) in [6, 6.07) is 1.42. The highest BCUT2D eigenvalue weighted by molar-refractivity contribution is 5.98. The summed E-state index contributed by atoms with van der Waals surface area (Å²) < 4.78 is 11.4. The van der Waals surface area contributed by atoms with Crippen LogP contribution in [0, 0.1) is 0 Å². The first-order valence-corrected chi connectivity index (χ1v) is 5.08. The van der Waals surface area contributed by atoms with Gasteiger partial charge in [0.2, 0.25) is 0 Å². The predicted octanol–water partition coefficient (Wildman–Crippen LogP) is 1.23. The van der Waals surface area contributed by atoms with Gasteiger partial charge in [0.15, 0.2) is 0 Å². The summed E-state index contributed by atoms with van der Waals surface area (Å²) in [6.07, 6.45) is 2.77. The van der Waals surface area contributed by atoms with Gasteiger partial charge in [0.1, 0.15) is 22.6 Å². The average Bonchev–Trinajstić information content (AvgIpc) is 2.71. The minimum atomic E-state index is -0.466. The molecule has 0 aromatic carbocycles. The van der Waals surface area contributed by atoms with E-state index in [4.69, 9.17) is 9.47 Å². The molecule has 0 amide bonds. The summed E-state index contributed by atoms with van der Waals surface area (Å²) in [5.74, 6) is -0.0927. The summed E-state index contributed by atoms with van der Waals surface area (Å²) in [5, 5.41) is 13.4. The lowest BCUT2D eigenvalue weighted by Gasteiger charge is -2.05. The number of ether oxygens (including phenoxy) is 2. The molecule has 1 N–H and O–H groups in total. The number of carbonyl (C=O) groups is 1. The normalized spacial score (nSPS) is 10.5. The quantitative estimate of drug-likeness (QED) is 0.811. The molecular weight excluding hydrogens is 224 g/mol. The van der Waals surface area contributed by atoms with Gasteiger partial charge >= 0.3 is 5.97 Å². The van der Waals surface area contributed by atoms with Crippen molar-refractivity contribution in [2.45, 2.75) is 6.92 Å². The molecule has 0 fully saturated rings. The van der Waals surface area contributed by atoms with E-state index in [1.165, 1.54) is 30.1 Å². The van der Waals surface area contributed by atoms with Crippen molar-refractivity contribution in [3.8, 4) is 11.5 Å². The van der Waals surface area contributed by atoms with Gasteiger partial charge in [-0.3, -0.25) is 0 Å². The van der Waals surface area contributed by atoms with Crippen LogP contribution in [-0.2, 0) is 4.74 Å². The van der Waals surface area contributed by atoms with E-state index >= 15 is 0 Å². The van der Waals surface area contributed by atoms with E-state index in [0.29, 0.717) is 16.8 Å². The Morgan fingerprint density at radius 1 is 1.59 bits per heavy atom. The van der Waals surface area contributed by atoms with Gasteiger partial charge in [-0.25, -0.2) is 9.31 Å². The van der Waals surface area contributed by atoms with Gasteiger partial charge in [0.05, 0.1) is 26.1 Å². The lowest BCUT2D eigenvalue weighted by atomic mass is 10.2. The Hall–Kier alpha value is -2.24. The fourth-order valence-corrected chi connectivity index (χ4v) is 1.58. The van der Waals surface area contributed by atoms with Crippen molar-refractivity contribution in [3.63, 3.8) is 0 Å². The largest absolute Gasteiger partial charge is 0.506 e. The molecule has 90 valence electrons. The zero-order valence-corrected chi connectivity index (χ0v) is 9.51. The summed E-state index contributed by atoms with van der Waals surface area (Å²) in [6.45, 7) is 2.02. The van der Waals surface area contributed by atoms with Crippen molar-refractivity contribution >= 4 is 11.5 Å². The van der Waals surface area contributed by atoms with Crippen molar-refractivity contribution in [1.29, 1.82) is 0 Å². The van der Waals surface area contributed by atoms with Gasteiger partial charge in [0, 0.05) is 6.07 Å². The van der Waals surface area contributed by atoms with Crippen molar-refractivity contribution in [1.82, 2.24) is 9.61 Å². The SMILES string of the molecule is CCOC(=O)c1cnn2cc(O)cc(OC)c12. The molecular formula is C11H12N2O4. The first-order valence-electron chi connectivity index (χ1n) is 5.08. The Balaban J connectivity index is 2.62. The molecule has 2 rings (SSSR count). The molecule has 0 atom stereocenters. The van der Waals surface area contributed by atoms with Crippen LogP contribution in [0.15, 0.2) is 18.5 Å². The van der Waals surface area contributed by atoms with Crippen LogP contribution in [0.2, 0.25) is 0 Å². The number of rotatable bonds is 3. The van der Waals surface area contributed by atoms with Crippen LogP contribution in [0.1, 0.15) is 17.3 Å². The highest BCUT2D eigenvalue weighted by Crippen LogP contribution is 2.27. The van der Waals surface area contributed by atoms with Crippen molar-refractivity contribution in [2.24, 2.45) is 0 Å². The Morgan fingerprint density at radius 2 is 2.35 bits per heavy atom. The van der Waals surface area contributed by atoms with Gasteiger partial charge in [-0.15, -0.1) is 0 Å². The first kappa shape index (κ1) is 11.3. The lowest BCUT2D eigenvalue weighted by molar-refractivity contribution is 0.0528. The summed E-state index contributed by atoms with van der Waals surface area (Å²) in [5.41, 5.74) is 0.785. The fourth-order valence-electron chi connectivity index (χ4n) is 1.58. The number of pyridine rings is 1. The van der Waals surface area contributed by atoms with E-state index in [2.05, 4.69) is 5.10 Å². The van der Waals surface area contributed by atoms with Crippen LogP contribution in [0.3, 0.4) is 0 Å². The minimum Gasteiger partial charge on any atom is -0.506 e. The molecule has 0 spiro atoms. The third-order valence-electron chi connectivity index (χ3n) is 2.28. The standard InChI is InChI=1S/C11H12N2O4/c1-3-17-11(15)8-5-12-13-6-7(14)4-9(16-2)10(8)13/h4-6,14H,3H2,1-2H3. The van der Waals surface area contributed by atoms with Crippen molar-refractivity contribution in [3.05, 3.63) is 24.0 Å². The van der Waals surface area contributed by atoms with Crippen LogP contribution in [0.4, 0.5) is 0 Å². The maximum Gasteiger partial charge on any atom is 0.342 e. The topological polar surface area (TPSA) is 73.1 Å². The number of aromatic nitrogens is 2. The number of hydrogen-bond acceptors (Lipinski definition) is 5. The van der Waals surface area contributed by atoms with E-state index in [1.54, 1.807) is 6.92 Å². The zero-order valence-electron chi connectivity index (χ0n) is 9.51. The molecule has 2 heterocycles. The van der Waals surface area contributed by atoms with Crippen LogP contribution in [0.25, 0.3) is 5.52 Å². The highest BCUT2D eigenvalue weighted by Gasteiger charge is 2.18. The van der Waals surface area contributed by atoms with Crippen LogP contribution >= 0.6 is 0 Å². The Morgan fingerprint density at radius 3 is 3.00 bits per heavy atom. The monoisotopic (exact) mass is 236 g/mol. The Labute approximate surface area is 97.4 Å². The molecule has 0 saturated heterocycles. The first-order chi connectivity index (χ1) is 8.17. The molecule has 2 aromatic heterocycles. The van der Waals surface area contributed by atoms with Gasteiger partial charge < -0.3 is 14.6 Å². The summed E-state index contributed by atoms with van der Waals surface area (Å²) >= 11 is 0. The van der Waals surface area contributed by atoms with Crippen molar-refractivity contribution < 1.29 is 19.4 Å². The molecule has 0 saturated carbocycles. The third kappa shape index (κ3) is 1.89. The van der Waals surface area contributed by atoms with Gasteiger partial charge in [-0.05, 0) is 6.92 Å². The molecule has 0 radical (unpaired) electrons. The predicted molar refractivity (Wildman–Crippen MR) is 59.4 cm³/mol. The van der Waals surface area contributed by atoms with E-state index in [-0.39, 0.29) is 12.4 Å². The molecule has 6 heteroatoms. The number of methoxy groups -OCH3 is 1. The van der Waals surface area contributed by atoms with Gasteiger partial charge in [0.25, 0.3) is 0 Å². The smallest absolute Gasteiger partial charge is 0.342 e. The number of aromatic hydroxyl groups is 1. The Kier molecular flexibility index (Phi) is 2.86. The average molecular weight is 236 g/mol. The number of hydrogen-bond donors (Lipinski definition) is 1. The minimum absolute atomic E-state index is 0.00728. The summed E-state index contributed by atoms with van der Waals surface area (Å²) in [4.78, 5) is 11.7. The molecule has 0 unspecified atom stereocenters. The molecule has 6 nitrogen and oxygen atoms in total. The van der Waals surface area contributed by atoms with Crippen molar-refractivity contribution in [2.75, 3.05) is 13.7 Å². The van der Waals surface area contributed by atoms with Gasteiger partial charge in [-0.2, -0.15) is 5.10 Å². The molecule has 0 aliphatic rings. The van der Waals surface area contributed by atoms with E-state index in [9.17, 15) is 9.90 Å². The number of fused-ring (bicyclic) bond motifs is 1. The molecule has 0 aliphatic heterocycles. The van der Waals surface area contributed by atoms with E-state index in [1.807, 2.05) is 0 Å². The maximum atomic E-state index is 11.7. The van der Waals surface area contributed by atoms with Crippen LogP contribution in [0.5, 0.6) is 11.5 Å². The number of carbonyl (C=O) groups excluding carboxylic acids is 1. The third-order valence-corrected chi connectivity index (χ3v) is 2.28. The van der Waals surface area contributed by atoms with E-state index < -0.39 is 5.97 Å². The molecule has 0 aliphatic carbocycles. The van der Waals surface area contributed by atoms with Crippen LogP contribution < -0.4 is 4.74 Å². The zero-order chi connectivity index (χ0) is 12.4. The molecule has 2 aromatic rings. The highest BCUT2D eigenvalue weighted by atomic mass is 16.5. The number of nitrogens with zero attached hydrogens (tertiary/aromatic N) is 2. The second-order valence-corrected chi connectivity index (χ2v) is 3.34. The molecule has 0 bridgehead atoms. The summed E-state index contributed by atoms with van der Waals surface area (Å²) in [7, 11) is 1.46. The van der Waals surface area contributed by atoms with E-state index in [0.717, 1.165) is 0 Å². The maximum absolute atomic E-state index is 11.7. The molecule has 17 heavy (non-hydrogen) atoms. The second kappa shape index (κ2) is 4.32. The lowest BCUT2D eigenvalue weighted by Crippen LogP contribution is -2.04. The Bertz CT molecular complexity index is 562. The van der Waals surface area contributed by atoms with Crippen LogP contribution in [-0.4, -0.2) is 34.4 Å². The number of esters is 1. The second-order valence-electron chi connectivity index (χ2n) is 3.34. The van der Waals surface area contributed by atoms with Gasteiger partial charge in [-0.1, -0.05) is 0 Å². The fraction of sp³-hybridized carbons (Fsp3) is 0.273.